The number of fused-ring (bicyclic) bond motifs is 1. The van der Waals surface area contributed by atoms with Gasteiger partial charge >= 0.3 is 0 Å². The molecular weight excluding hydrogens is 382 g/mol. The molecule has 1 heterocycles. The summed E-state index contributed by atoms with van der Waals surface area (Å²) in [5.74, 6) is 0.476. The molecule has 3 rings (SSSR count). The van der Waals surface area contributed by atoms with Gasteiger partial charge in [0, 0.05) is 11.8 Å². The van der Waals surface area contributed by atoms with Crippen LogP contribution in [-0.4, -0.2) is 40.3 Å². The Hall–Kier alpha value is -3.25. The van der Waals surface area contributed by atoms with Gasteiger partial charge in [-0.25, -0.2) is 8.42 Å². The Morgan fingerprint density at radius 3 is 2.46 bits per heavy atom. The summed E-state index contributed by atoms with van der Waals surface area (Å²) in [7, 11) is -3.71. The quantitative estimate of drug-likeness (QED) is 0.792. The highest BCUT2D eigenvalue weighted by Crippen LogP contribution is 2.34. The summed E-state index contributed by atoms with van der Waals surface area (Å²) in [5, 5.41) is 11.4. The van der Waals surface area contributed by atoms with Gasteiger partial charge in [-0.2, -0.15) is 5.26 Å². The molecule has 0 spiro atoms. The van der Waals surface area contributed by atoms with Gasteiger partial charge in [0.05, 0.1) is 24.4 Å². The lowest BCUT2D eigenvalue weighted by Crippen LogP contribution is -2.37. The normalized spacial score (nSPS) is 12.7. The van der Waals surface area contributed by atoms with E-state index in [-0.39, 0.29) is 6.42 Å². The second-order valence-electron chi connectivity index (χ2n) is 6.18. The number of rotatable bonds is 6. The van der Waals surface area contributed by atoms with Crippen LogP contribution in [0.5, 0.6) is 11.5 Å². The summed E-state index contributed by atoms with van der Waals surface area (Å²) in [6.45, 7) is 0.410. The number of nitriles is 1. The molecule has 1 aliphatic rings. The molecule has 0 aromatic heterocycles. The molecule has 0 aliphatic carbocycles. The Morgan fingerprint density at radius 1 is 1.14 bits per heavy atom. The maximum Gasteiger partial charge on any atom is 0.245 e. The largest absolute Gasteiger partial charge is 0.486 e. The molecule has 9 heteroatoms. The van der Waals surface area contributed by atoms with Gasteiger partial charge in [0.25, 0.3) is 0 Å². The monoisotopic (exact) mass is 401 g/mol. The Morgan fingerprint density at radius 2 is 1.82 bits per heavy atom. The highest BCUT2D eigenvalue weighted by atomic mass is 32.2. The molecule has 0 atom stereocenters. The van der Waals surface area contributed by atoms with Gasteiger partial charge in [0.2, 0.25) is 15.9 Å². The van der Waals surface area contributed by atoms with Gasteiger partial charge in [-0.05, 0) is 29.8 Å². The van der Waals surface area contributed by atoms with E-state index in [2.05, 4.69) is 5.32 Å². The summed E-state index contributed by atoms with van der Waals surface area (Å²) < 4.78 is 36.4. The van der Waals surface area contributed by atoms with Crippen molar-refractivity contribution in [2.24, 2.45) is 0 Å². The number of nitrogens with one attached hydrogen (secondary N) is 1. The van der Waals surface area contributed by atoms with Crippen molar-refractivity contribution in [2.45, 2.75) is 6.42 Å². The summed E-state index contributed by atoms with van der Waals surface area (Å²) in [5.41, 5.74) is 1.66. The van der Waals surface area contributed by atoms with E-state index < -0.39 is 22.5 Å². The fourth-order valence-electron chi connectivity index (χ4n) is 2.72. The van der Waals surface area contributed by atoms with Crippen LogP contribution in [0, 0.1) is 11.3 Å². The lowest BCUT2D eigenvalue weighted by Gasteiger charge is -2.24. The molecule has 1 aliphatic heterocycles. The third-order valence-electron chi connectivity index (χ3n) is 4.02. The lowest BCUT2D eigenvalue weighted by atomic mass is 10.1. The maximum atomic E-state index is 12.4. The van der Waals surface area contributed by atoms with Crippen LogP contribution in [0.15, 0.2) is 42.5 Å². The van der Waals surface area contributed by atoms with Crippen LogP contribution in [0.3, 0.4) is 0 Å². The smallest absolute Gasteiger partial charge is 0.245 e. The number of anilines is 2. The standard InChI is InChI=1S/C19H19N3O5S/c1-28(24,25)22(16-6-7-17-18(12-16)27-11-10-26-17)13-19(23)21-15-4-2-14(3-5-15)8-9-20/h2-7,12H,8,10-11,13H2,1H3,(H,21,23). The number of nitrogens with zero attached hydrogens (tertiary/aromatic N) is 2. The third-order valence-corrected chi connectivity index (χ3v) is 5.16. The topological polar surface area (TPSA) is 109 Å². The Bertz CT molecular complexity index is 1010. The van der Waals surface area contributed by atoms with Crippen molar-refractivity contribution < 1.29 is 22.7 Å². The number of hydrogen-bond acceptors (Lipinski definition) is 6. The highest BCUT2D eigenvalue weighted by Gasteiger charge is 2.23. The van der Waals surface area contributed by atoms with Gasteiger partial charge < -0.3 is 14.8 Å². The molecule has 0 saturated heterocycles. The SMILES string of the molecule is CS(=O)(=O)N(CC(=O)Nc1ccc(CC#N)cc1)c1ccc2c(c1)OCCO2. The summed E-state index contributed by atoms with van der Waals surface area (Å²) in [4.78, 5) is 12.4. The molecular formula is C19H19N3O5S. The second-order valence-corrected chi connectivity index (χ2v) is 8.08. The van der Waals surface area contributed by atoms with Crippen molar-refractivity contribution in [3.05, 3.63) is 48.0 Å². The van der Waals surface area contributed by atoms with Crippen molar-refractivity contribution in [3.63, 3.8) is 0 Å². The Kier molecular flexibility index (Phi) is 5.70. The van der Waals surface area contributed by atoms with E-state index in [4.69, 9.17) is 14.7 Å². The van der Waals surface area contributed by atoms with Crippen LogP contribution in [-0.2, 0) is 21.2 Å². The van der Waals surface area contributed by atoms with Gasteiger partial charge in [0.1, 0.15) is 19.8 Å². The molecule has 0 unspecified atom stereocenters. The first-order chi connectivity index (χ1) is 13.4. The molecule has 1 amide bonds. The third kappa shape index (κ3) is 4.72. The van der Waals surface area contributed by atoms with Gasteiger partial charge in [-0.15, -0.1) is 0 Å². The summed E-state index contributed by atoms with van der Waals surface area (Å²) in [6.07, 6.45) is 1.31. The molecule has 0 saturated carbocycles. The zero-order chi connectivity index (χ0) is 20.1. The molecule has 0 radical (unpaired) electrons. The zero-order valence-electron chi connectivity index (χ0n) is 15.2. The highest BCUT2D eigenvalue weighted by molar-refractivity contribution is 7.92. The number of sulfonamides is 1. The molecule has 0 bridgehead atoms. The predicted molar refractivity (Wildman–Crippen MR) is 104 cm³/mol. The van der Waals surface area contributed by atoms with Gasteiger partial charge in [-0.3, -0.25) is 9.10 Å². The number of benzene rings is 2. The summed E-state index contributed by atoms with van der Waals surface area (Å²) in [6, 6.07) is 13.6. The molecule has 1 N–H and O–H groups in total. The minimum absolute atomic E-state index is 0.278. The lowest BCUT2D eigenvalue weighted by molar-refractivity contribution is -0.114. The zero-order valence-corrected chi connectivity index (χ0v) is 16.0. The molecule has 28 heavy (non-hydrogen) atoms. The first-order valence-electron chi connectivity index (χ1n) is 8.50. The van der Waals surface area contributed by atoms with Crippen LogP contribution in [0.4, 0.5) is 11.4 Å². The maximum absolute atomic E-state index is 12.4. The molecule has 0 fully saturated rings. The van der Waals surface area contributed by atoms with E-state index in [0.29, 0.717) is 36.1 Å². The van der Waals surface area contributed by atoms with Gasteiger partial charge in [-0.1, -0.05) is 12.1 Å². The molecule has 8 nitrogen and oxygen atoms in total. The van der Waals surface area contributed by atoms with Crippen LogP contribution in [0.25, 0.3) is 0 Å². The van der Waals surface area contributed by atoms with Crippen LogP contribution >= 0.6 is 0 Å². The average Bonchev–Trinajstić information content (AvgIpc) is 2.67. The van der Waals surface area contributed by atoms with E-state index in [0.717, 1.165) is 16.1 Å². The van der Waals surface area contributed by atoms with Crippen LogP contribution in [0.2, 0.25) is 0 Å². The van der Waals surface area contributed by atoms with Crippen LogP contribution in [0.1, 0.15) is 5.56 Å². The molecule has 2 aromatic carbocycles. The number of hydrogen-bond donors (Lipinski definition) is 1. The van der Waals surface area contributed by atoms with Crippen LogP contribution < -0.4 is 19.1 Å². The van der Waals surface area contributed by atoms with E-state index in [1.807, 2.05) is 6.07 Å². The van der Waals surface area contributed by atoms with E-state index in [1.54, 1.807) is 42.5 Å². The van der Waals surface area contributed by atoms with Crippen molar-refractivity contribution in [1.29, 1.82) is 5.26 Å². The molecule has 146 valence electrons. The van der Waals surface area contributed by atoms with E-state index in [1.165, 1.54) is 0 Å². The average molecular weight is 401 g/mol. The minimum Gasteiger partial charge on any atom is -0.486 e. The Balaban J connectivity index is 1.76. The minimum atomic E-state index is -3.71. The Labute approximate surface area is 163 Å². The number of carbonyl (C=O) groups is 1. The first-order valence-corrected chi connectivity index (χ1v) is 10.3. The van der Waals surface area contributed by atoms with Crippen molar-refractivity contribution >= 4 is 27.3 Å². The number of carbonyl (C=O) groups excluding carboxylic acids is 1. The molecule has 2 aromatic rings. The predicted octanol–water partition coefficient (Wildman–Crippen LogP) is 1.93. The fourth-order valence-corrected chi connectivity index (χ4v) is 3.56. The van der Waals surface area contributed by atoms with E-state index >= 15 is 0 Å². The van der Waals surface area contributed by atoms with E-state index in [9.17, 15) is 13.2 Å². The number of amides is 1. The second kappa shape index (κ2) is 8.19. The van der Waals surface area contributed by atoms with Gasteiger partial charge in [0.15, 0.2) is 11.5 Å². The number of ether oxygens (including phenoxy) is 2. The van der Waals surface area contributed by atoms with Crippen molar-refractivity contribution in [3.8, 4) is 17.6 Å². The fraction of sp³-hybridized carbons (Fsp3) is 0.263. The summed E-state index contributed by atoms with van der Waals surface area (Å²) >= 11 is 0. The van der Waals surface area contributed by atoms with Crippen molar-refractivity contribution in [1.82, 2.24) is 0 Å². The van der Waals surface area contributed by atoms with Crippen molar-refractivity contribution in [2.75, 3.05) is 35.6 Å². The first kappa shape index (κ1) is 19.5.